The molecule has 0 bridgehead atoms. The van der Waals surface area contributed by atoms with Crippen molar-refractivity contribution < 1.29 is 14.6 Å². The second-order valence-electron chi connectivity index (χ2n) is 4.89. The van der Waals surface area contributed by atoms with E-state index in [0.29, 0.717) is 17.7 Å². The molecule has 1 aromatic rings. The van der Waals surface area contributed by atoms with Crippen LogP contribution in [0.4, 0.5) is 0 Å². The number of aliphatic hydroxyl groups excluding tert-OH is 1. The normalized spacial score (nSPS) is 22.4. The molecule has 1 N–H and O–H groups in total. The third kappa shape index (κ3) is 2.35. The lowest BCUT2D eigenvalue weighted by molar-refractivity contribution is 0.0305. The second-order valence-corrected chi connectivity index (χ2v) is 4.89. The molecule has 0 fully saturated rings. The molecule has 6 heteroatoms. The molecule has 20 heavy (non-hydrogen) atoms. The van der Waals surface area contributed by atoms with Gasteiger partial charge in [0, 0.05) is 4.91 Å². The van der Waals surface area contributed by atoms with Crippen LogP contribution in [0.25, 0.3) is 10.4 Å². The lowest BCUT2D eigenvalue weighted by Crippen LogP contribution is -2.54. The minimum Gasteiger partial charge on any atom is -0.492 e. The molecular weight excluding hydrogens is 258 g/mol. The van der Waals surface area contributed by atoms with E-state index in [1.807, 2.05) is 6.92 Å². The zero-order chi connectivity index (χ0) is 14.6. The zero-order valence-corrected chi connectivity index (χ0v) is 11.3. The number of carbonyl (C=O) groups is 1. The quantitative estimate of drug-likeness (QED) is 0.508. The van der Waals surface area contributed by atoms with Crippen molar-refractivity contribution in [2.45, 2.75) is 37.8 Å². The van der Waals surface area contributed by atoms with Crippen LogP contribution in [0.5, 0.6) is 5.75 Å². The summed E-state index contributed by atoms with van der Waals surface area (Å²) in [6.07, 6.45) is 0.986. The van der Waals surface area contributed by atoms with E-state index in [1.165, 1.54) is 0 Å². The standard InChI is InChI=1S/C14H17N3O3/c1-2-3-8-12(18)14(16-17-15)9-20-11-7-5-4-6-10(11)13(14)19/h4-7,12,18H,2-3,8-9H2,1H3/t12-,14+/m0/s1. The fourth-order valence-corrected chi connectivity index (χ4v) is 2.37. The summed E-state index contributed by atoms with van der Waals surface area (Å²) in [5.41, 5.74) is 7.55. The first-order valence-electron chi connectivity index (χ1n) is 6.66. The number of aliphatic hydroxyl groups is 1. The molecule has 0 spiro atoms. The average molecular weight is 275 g/mol. The molecule has 0 unspecified atom stereocenters. The van der Waals surface area contributed by atoms with Gasteiger partial charge >= 0.3 is 0 Å². The molecule has 2 atom stereocenters. The molecular formula is C14H17N3O3. The van der Waals surface area contributed by atoms with Crippen molar-refractivity contribution >= 4 is 5.78 Å². The Hall–Kier alpha value is -2.04. The maximum Gasteiger partial charge on any atom is 0.184 e. The van der Waals surface area contributed by atoms with Crippen LogP contribution in [0.15, 0.2) is 29.4 Å². The fraction of sp³-hybridized carbons (Fsp3) is 0.500. The molecule has 0 aromatic heterocycles. The van der Waals surface area contributed by atoms with Crippen LogP contribution in [0.1, 0.15) is 36.5 Å². The Morgan fingerprint density at radius 1 is 1.55 bits per heavy atom. The largest absolute Gasteiger partial charge is 0.492 e. The Bertz CT molecular complexity index is 554. The van der Waals surface area contributed by atoms with Crippen LogP contribution >= 0.6 is 0 Å². The van der Waals surface area contributed by atoms with E-state index in [2.05, 4.69) is 10.0 Å². The molecule has 0 aliphatic carbocycles. The number of para-hydroxylation sites is 1. The van der Waals surface area contributed by atoms with Gasteiger partial charge in [-0.25, -0.2) is 0 Å². The Kier molecular flexibility index (Phi) is 4.27. The number of azide groups is 1. The van der Waals surface area contributed by atoms with Crippen LogP contribution < -0.4 is 4.74 Å². The van der Waals surface area contributed by atoms with E-state index in [0.717, 1.165) is 12.8 Å². The number of ketones is 1. The molecule has 1 aromatic carbocycles. The Balaban J connectivity index is 2.40. The smallest absolute Gasteiger partial charge is 0.184 e. The molecule has 2 rings (SSSR count). The maximum atomic E-state index is 12.6. The number of unbranched alkanes of at least 4 members (excludes halogenated alkanes) is 1. The summed E-state index contributed by atoms with van der Waals surface area (Å²) in [5.74, 6) is 0.0877. The van der Waals surface area contributed by atoms with Crippen molar-refractivity contribution in [2.75, 3.05) is 6.61 Å². The molecule has 106 valence electrons. The minimum atomic E-state index is -1.56. The van der Waals surface area contributed by atoms with Gasteiger partial charge < -0.3 is 9.84 Å². The summed E-state index contributed by atoms with van der Waals surface area (Å²) in [6, 6.07) is 6.78. The van der Waals surface area contributed by atoms with Gasteiger partial charge in [-0.05, 0) is 24.1 Å². The highest BCUT2D eigenvalue weighted by Crippen LogP contribution is 2.35. The summed E-state index contributed by atoms with van der Waals surface area (Å²) in [6.45, 7) is 1.86. The monoisotopic (exact) mass is 275 g/mol. The molecule has 0 radical (unpaired) electrons. The van der Waals surface area contributed by atoms with E-state index in [9.17, 15) is 9.90 Å². The molecule has 0 saturated heterocycles. The van der Waals surface area contributed by atoms with Crippen molar-refractivity contribution in [2.24, 2.45) is 5.11 Å². The number of rotatable bonds is 5. The number of carbonyl (C=O) groups excluding carboxylic acids is 1. The highest BCUT2D eigenvalue weighted by atomic mass is 16.5. The van der Waals surface area contributed by atoms with Gasteiger partial charge in [0.25, 0.3) is 0 Å². The first-order chi connectivity index (χ1) is 9.65. The van der Waals surface area contributed by atoms with Crippen LogP contribution in [-0.2, 0) is 0 Å². The van der Waals surface area contributed by atoms with E-state index in [4.69, 9.17) is 10.3 Å². The van der Waals surface area contributed by atoms with Crippen LogP contribution in [0, 0.1) is 0 Å². The van der Waals surface area contributed by atoms with Gasteiger partial charge in [-0.2, -0.15) is 0 Å². The van der Waals surface area contributed by atoms with Gasteiger partial charge in [-0.3, -0.25) is 4.79 Å². The lowest BCUT2D eigenvalue weighted by atomic mass is 9.81. The highest BCUT2D eigenvalue weighted by molar-refractivity contribution is 6.07. The van der Waals surface area contributed by atoms with E-state index >= 15 is 0 Å². The van der Waals surface area contributed by atoms with Crippen LogP contribution in [0.2, 0.25) is 0 Å². The van der Waals surface area contributed by atoms with Crippen molar-refractivity contribution in [1.29, 1.82) is 0 Å². The first-order valence-corrected chi connectivity index (χ1v) is 6.66. The second kappa shape index (κ2) is 5.94. The minimum absolute atomic E-state index is 0.127. The number of benzene rings is 1. The van der Waals surface area contributed by atoms with Crippen molar-refractivity contribution in [1.82, 2.24) is 0 Å². The third-order valence-corrected chi connectivity index (χ3v) is 3.58. The summed E-state index contributed by atoms with van der Waals surface area (Å²) in [7, 11) is 0. The Labute approximate surface area is 117 Å². The summed E-state index contributed by atoms with van der Waals surface area (Å²) < 4.78 is 5.52. The van der Waals surface area contributed by atoms with Gasteiger partial charge in [-0.15, -0.1) is 0 Å². The predicted molar refractivity (Wildman–Crippen MR) is 73.7 cm³/mol. The average Bonchev–Trinajstić information content (AvgIpc) is 2.48. The molecule has 0 saturated carbocycles. The molecule has 1 aliphatic heterocycles. The molecule has 1 aliphatic rings. The van der Waals surface area contributed by atoms with Gasteiger partial charge in [0.2, 0.25) is 0 Å². The van der Waals surface area contributed by atoms with Gasteiger partial charge in [0.05, 0.1) is 11.7 Å². The Morgan fingerprint density at radius 2 is 2.30 bits per heavy atom. The first kappa shape index (κ1) is 14.4. The molecule has 6 nitrogen and oxygen atoms in total. The van der Waals surface area contributed by atoms with E-state index in [-0.39, 0.29) is 12.4 Å². The van der Waals surface area contributed by atoms with Crippen molar-refractivity contribution in [3.05, 3.63) is 40.3 Å². The fourth-order valence-electron chi connectivity index (χ4n) is 2.37. The number of ether oxygens (including phenoxy) is 1. The Morgan fingerprint density at radius 3 is 3.00 bits per heavy atom. The molecule has 1 heterocycles. The van der Waals surface area contributed by atoms with Crippen LogP contribution in [0.3, 0.4) is 0 Å². The molecule has 0 amide bonds. The SMILES string of the molecule is CCCC[C@H](O)[C@]1(N=[N+]=[N-])COc2ccccc2C1=O. The number of hydrogen-bond acceptors (Lipinski definition) is 4. The zero-order valence-electron chi connectivity index (χ0n) is 11.3. The predicted octanol–water partition coefficient (Wildman–Crippen LogP) is 2.86. The topological polar surface area (TPSA) is 95.3 Å². The summed E-state index contributed by atoms with van der Waals surface area (Å²) in [4.78, 5) is 15.4. The van der Waals surface area contributed by atoms with Crippen molar-refractivity contribution in [3.63, 3.8) is 0 Å². The maximum absolute atomic E-state index is 12.6. The number of fused-ring (bicyclic) bond motifs is 1. The number of Topliss-reactive ketones (excluding diaryl/α,β-unsaturated/α-hetero) is 1. The number of nitrogens with zero attached hydrogens (tertiary/aromatic N) is 3. The van der Waals surface area contributed by atoms with Gasteiger partial charge in [-0.1, -0.05) is 37.0 Å². The third-order valence-electron chi connectivity index (χ3n) is 3.58. The van der Waals surface area contributed by atoms with Crippen molar-refractivity contribution in [3.8, 4) is 5.75 Å². The highest BCUT2D eigenvalue weighted by Gasteiger charge is 2.49. The number of hydrogen-bond donors (Lipinski definition) is 1. The van der Waals surface area contributed by atoms with E-state index in [1.54, 1.807) is 24.3 Å². The summed E-state index contributed by atoms with van der Waals surface area (Å²) in [5, 5.41) is 13.9. The van der Waals surface area contributed by atoms with Gasteiger partial charge in [0.1, 0.15) is 12.4 Å². The van der Waals surface area contributed by atoms with Gasteiger partial charge in [0.15, 0.2) is 11.3 Å². The lowest BCUT2D eigenvalue weighted by Gasteiger charge is -2.36. The summed E-state index contributed by atoms with van der Waals surface area (Å²) >= 11 is 0. The van der Waals surface area contributed by atoms with E-state index < -0.39 is 11.6 Å². The van der Waals surface area contributed by atoms with Crippen LogP contribution in [-0.4, -0.2) is 29.1 Å².